The molecule has 0 aromatic carbocycles. The molecule has 0 heterocycles. The topological polar surface area (TPSA) is 63.6 Å². The number of alkyl halides is 5. The quantitative estimate of drug-likeness (QED) is 0.363. The van der Waals surface area contributed by atoms with Crippen molar-refractivity contribution in [1.82, 2.24) is 0 Å². The standard InChI is InChI=1S/C15H21BrF4O4S/c16-15(19,20)14(17,18)1-2-25(22,23)24-9-12-4-10-3-11(5-12)7-13(21,6-10)8-12/h10-11,21H,1-9H2. The van der Waals surface area contributed by atoms with Gasteiger partial charge in [0, 0.05) is 6.42 Å². The van der Waals surface area contributed by atoms with Crippen LogP contribution in [-0.2, 0) is 14.3 Å². The van der Waals surface area contributed by atoms with Crippen LogP contribution in [0.2, 0.25) is 0 Å². The van der Waals surface area contributed by atoms with E-state index in [-0.39, 0.29) is 6.61 Å². The van der Waals surface area contributed by atoms with Crippen LogP contribution in [0.1, 0.15) is 44.9 Å². The van der Waals surface area contributed by atoms with Crippen LogP contribution in [0.15, 0.2) is 0 Å². The van der Waals surface area contributed by atoms with E-state index >= 15 is 0 Å². The Labute approximate surface area is 152 Å². The molecule has 4 fully saturated rings. The lowest BCUT2D eigenvalue weighted by atomic mass is 9.48. The van der Waals surface area contributed by atoms with Gasteiger partial charge in [-0.2, -0.15) is 26.0 Å². The van der Waals surface area contributed by atoms with Crippen molar-refractivity contribution in [3.05, 3.63) is 0 Å². The Balaban J connectivity index is 1.59. The van der Waals surface area contributed by atoms with Crippen molar-refractivity contribution >= 4 is 26.0 Å². The minimum atomic E-state index is -4.49. The van der Waals surface area contributed by atoms with E-state index < -0.39 is 44.1 Å². The van der Waals surface area contributed by atoms with Crippen molar-refractivity contribution in [3.8, 4) is 0 Å². The van der Waals surface area contributed by atoms with Gasteiger partial charge in [0.05, 0.1) is 18.0 Å². The fraction of sp³-hybridized carbons (Fsp3) is 1.00. The first kappa shape index (κ1) is 19.8. The molecule has 0 spiro atoms. The molecule has 4 rings (SSSR count). The third-order valence-electron chi connectivity index (χ3n) is 5.78. The number of hydrogen-bond donors (Lipinski definition) is 1. The second-order valence-corrected chi connectivity index (χ2v) is 10.9. The highest BCUT2D eigenvalue weighted by molar-refractivity contribution is 9.10. The zero-order valence-electron chi connectivity index (χ0n) is 13.5. The molecule has 4 aliphatic rings. The van der Waals surface area contributed by atoms with E-state index in [9.17, 15) is 31.1 Å². The van der Waals surface area contributed by atoms with Crippen molar-refractivity contribution in [2.24, 2.45) is 17.3 Å². The van der Waals surface area contributed by atoms with Gasteiger partial charge in [0.25, 0.3) is 10.1 Å². The lowest BCUT2D eigenvalue weighted by molar-refractivity contribution is -0.172. The summed E-state index contributed by atoms with van der Waals surface area (Å²) in [5.74, 6) is -5.02. The zero-order valence-corrected chi connectivity index (χ0v) is 15.9. The van der Waals surface area contributed by atoms with Crippen LogP contribution in [0.5, 0.6) is 0 Å². The fourth-order valence-corrected chi connectivity index (χ4v) is 6.49. The van der Waals surface area contributed by atoms with Crippen LogP contribution in [0, 0.1) is 17.3 Å². The normalized spacial score (nSPS) is 38.3. The van der Waals surface area contributed by atoms with Gasteiger partial charge in [-0.05, 0) is 71.7 Å². The van der Waals surface area contributed by atoms with E-state index in [1.54, 1.807) is 15.9 Å². The third-order valence-corrected chi connectivity index (χ3v) is 7.54. The van der Waals surface area contributed by atoms with Crippen LogP contribution in [0.3, 0.4) is 0 Å². The van der Waals surface area contributed by atoms with Crippen molar-refractivity contribution in [3.63, 3.8) is 0 Å². The lowest BCUT2D eigenvalue weighted by Crippen LogP contribution is -2.57. The highest BCUT2D eigenvalue weighted by Crippen LogP contribution is 2.61. The van der Waals surface area contributed by atoms with Gasteiger partial charge in [-0.15, -0.1) is 0 Å². The lowest BCUT2D eigenvalue weighted by Gasteiger charge is -2.60. The zero-order chi connectivity index (χ0) is 18.7. The van der Waals surface area contributed by atoms with Crippen molar-refractivity contribution in [2.75, 3.05) is 12.4 Å². The molecule has 4 nitrogen and oxygen atoms in total. The molecular weight excluding hydrogens is 432 g/mol. The average molecular weight is 453 g/mol. The first-order chi connectivity index (χ1) is 11.2. The van der Waals surface area contributed by atoms with Gasteiger partial charge in [0.2, 0.25) is 0 Å². The summed E-state index contributed by atoms with van der Waals surface area (Å²) in [6.45, 7) is -0.180. The molecule has 0 aromatic rings. The Morgan fingerprint density at radius 2 is 1.68 bits per heavy atom. The van der Waals surface area contributed by atoms with Gasteiger partial charge in [-0.1, -0.05) is 0 Å². The molecule has 0 aromatic heterocycles. The summed E-state index contributed by atoms with van der Waals surface area (Å²) in [6.07, 6.45) is 2.85. The molecule has 25 heavy (non-hydrogen) atoms. The maximum Gasteiger partial charge on any atom is 0.363 e. The molecular formula is C15H21BrF4O4S. The molecule has 0 saturated heterocycles. The molecule has 0 radical (unpaired) electrons. The molecule has 4 aliphatic carbocycles. The third kappa shape index (κ3) is 4.16. The average Bonchev–Trinajstić information content (AvgIpc) is 2.40. The van der Waals surface area contributed by atoms with Crippen LogP contribution in [-0.4, -0.2) is 42.2 Å². The van der Waals surface area contributed by atoms with Gasteiger partial charge in [-0.3, -0.25) is 4.18 Å². The Bertz CT molecular complexity index is 620. The number of hydrogen-bond acceptors (Lipinski definition) is 4. The van der Waals surface area contributed by atoms with Crippen molar-refractivity contribution < 1.29 is 35.3 Å². The second-order valence-electron chi connectivity index (χ2n) is 8.16. The van der Waals surface area contributed by atoms with Crippen LogP contribution >= 0.6 is 15.9 Å². The first-order valence-electron chi connectivity index (χ1n) is 8.27. The largest absolute Gasteiger partial charge is 0.390 e. The molecule has 2 atom stereocenters. The second kappa shape index (κ2) is 6.04. The number of aliphatic hydroxyl groups is 1. The Morgan fingerprint density at radius 1 is 1.12 bits per heavy atom. The number of halogens is 5. The van der Waals surface area contributed by atoms with Gasteiger partial charge >= 0.3 is 10.8 Å². The molecule has 4 bridgehead atoms. The van der Waals surface area contributed by atoms with Gasteiger partial charge < -0.3 is 5.11 Å². The molecule has 0 amide bonds. The van der Waals surface area contributed by atoms with E-state index in [2.05, 4.69) is 0 Å². The van der Waals surface area contributed by atoms with Crippen molar-refractivity contribution in [2.45, 2.75) is 61.3 Å². The van der Waals surface area contributed by atoms with Crippen LogP contribution in [0.25, 0.3) is 0 Å². The predicted octanol–water partition coefficient (Wildman–Crippen LogP) is 3.68. The summed E-state index contributed by atoms with van der Waals surface area (Å²) < 4.78 is 80.6. The predicted molar refractivity (Wildman–Crippen MR) is 85.2 cm³/mol. The maximum absolute atomic E-state index is 13.2. The first-order valence-corrected chi connectivity index (χ1v) is 10.6. The van der Waals surface area contributed by atoms with Crippen LogP contribution < -0.4 is 0 Å². The molecule has 2 unspecified atom stereocenters. The molecule has 146 valence electrons. The van der Waals surface area contributed by atoms with E-state index in [4.69, 9.17) is 4.18 Å². The highest BCUT2D eigenvalue weighted by Gasteiger charge is 2.58. The summed E-state index contributed by atoms with van der Waals surface area (Å²) in [4.78, 5) is -4.47. The Hall–Kier alpha value is 0.0700. The highest BCUT2D eigenvalue weighted by atomic mass is 79.9. The SMILES string of the molecule is O=S(=O)(CCC(F)(F)C(F)(F)Br)OCC12CC3CC(CC(O)(C3)C1)C2. The molecule has 4 saturated carbocycles. The monoisotopic (exact) mass is 452 g/mol. The smallest absolute Gasteiger partial charge is 0.363 e. The van der Waals surface area contributed by atoms with Gasteiger partial charge in [-0.25, -0.2) is 0 Å². The van der Waals surface area contributed by atoms with E-state index in [1.165, 1.54) is 0 Å². The van der Waals surface area contributed by atoms with E-state index in [0.29, 0.717) is 31.1 Å². The summed E-state index contributed by atoms with van der Waals surface area (Å²) >= 11 is 1.57. The van der Waals surface area contributed by atoms with Crippen LogP contribution in [0.4, 0.5) is 17.6 Å². The summed E-state index contributed by atoms with van der Waals surface area (Å²) in [5.41, 5.74) is -1.25. The number of rotatable bonds is 7. The molecule has 10 heteroatoms. The summed E-state index contributed by atoms with van der Waals surface area (Å²) in [6, 6.07) is 0. The summed E-state index contributed by atoms with van der Waals surface area (Å²) in [7, 11) is -4.35. The van der Waals surface area contributed by atoms with E-state index in [0.717, 1.165) is 19.3 Å². The molecule has 1 N–H and O–H groups in total. The van der Waals surface area contributed by atoms with E-state index in [1.807, 2.05) is 0 Å². The Morgan fingerprint density at radius 3 is 2.16 bits per heavy atom. The molecule has 0 aliphatic heterocycles. The van der Waals surface area contributed by atoms with Gasteiger partial charge in [0.1, 0.15) is 0 Å². The minimum Gasteiger partial charge on any atom is -0.390 e. The summed E-state index contributed by atoms with van der Waals surface area (Å²) in [5, 5.41) is 10.6. The minimum absolute atomic E-state index is 0.180. The van der Waals surface area contributed by atoms with Gasteiger partial charge in [0.15, 0.2) is 0 Å². The Kier molecular flexibility index (Phi) is 4.79. The maximum atomic E-state index is 13.2. The fourth-order valence-electron chi connectivity index (χ4n) is 5.24. The van der Waals surface area contributed by atoms with Crippen molar-refractivity contribution in [1.29, 1.82) is 0 Å².